The van der Waals surface area contributed by atoms with Crippen LogP contribution in [0.4, 0.5) is 0 Å². The van der Waals surface area contributed by atoms with Crippen LogP contribution in [0, 0.1) is 5.92 Å². The third-order valence-electron chi connectivity index (χ3n) is 4.52. The Morgan fingerprint density at radius 2 is 2.41 bits per heavy atom. The molecule has 1 saturated carbocycles. The number of nitrogens with two attached hydrogens (primary N) is 1. The smallest absolute Gasteiger partial charge is 0.0595 e. The fourth-order valence-corrected chi connectivity index (χ4v) is 4.53. The molecular weight excluding hydrogens is 228 g/mol. The summed E-state index contributed by atoms with van der Waals surface area (Å²) in [4.78, 5) is 4.17. The fraction of sp³-hybridized carbons (Fsp3) is 0.714. The third-order valence-corrected chi connectivity index (χ3v) is 5.46. The van der Waals surface area contributed by atoms with E-state index in [4.69, 9.17) is 5.73 Å². The van der Waals surface area contributed by atoms with Gasteiger partial charge in [0, 0.05) is 23.5 Å². The molecule has 94 valence electrons. The van der Waals surface area contributed by atoms with Crippen LogP contribution in [-0.2, 0) is 0 Å². The molecule has 2 N–H and O–H groups in total. The van der Waals surface area contributed by atoms with Crippen molar-refractivity contribution >= 4 is 11.3 Å². The molecule has 4 atom stereocenters. The van der Waals surface area contributed by atoms with Gasteiger partial charge in [-0.2, -0.15) is 0 Å². The highest BCUT2D eigenvalue weighted by Crippen LogP contribution is 2.43. The molecule has 2 aliphatic rings. The normalized spacial score (nSPS) is 31.9. The number of thiophene rings is 1. The molecule has 4 unspecified atom stereocenters. The second-order valence-corrected chi connectivity index (χ2v) is 6.54. The van der Waals surface area contributed by atoms with Gasteiger partial charge < -0.3 is 5.73 Å². The molecule has 17 heavy (non-hydrogen) atoms. The van der Waals surface area contributed by atoms with Crippen molar-refractivity contribution < 1.29 is 0 Å². The van der Waals surface area contributed by atoms with Crippen LogP contribution in [0.25, 0.3) is 0 Å². The van der Waals surface area contributed by atoms with Crippen molar-refractivity contribution in [2.24, 2.45) is 11.7 Å². The summed E-state index contributed by atoms with van der Waals surface area (Å²) < 4.78 is 0. The average Bonchev–Trinajstić information content (AvgIpc) is 3.05. The number of rotatable bonds is 4. The predicted octanol–water partition coefficient (Wildman–Crippen LogP) is 3.01. The van der Waals surface area contributed by atoms with E-state index < -0.39 is 0 Å². The Bertz CT molecular complexity index is 362. The van der Waals surface area contributed by atoms with Gasteiger partial charge in [0.2, 0.25) is 0 Å². The van der Waals surface area contributed by atoms with Crippen LogP contribution in [0.2, 0.25) is 0 Å². The van der Waals surface area contributed by atoms with Gasteiger partial charge in [0.25, 0.3) is 0 Å². The Morgan fingerprint density at radius 3 is 2.94 bits per heavy atom. The van der Waals surface area contributed by atoms with E-state index >= 15 is 0 Å². The molecule has 1 aromatic heterocycles. The number of hydrogen-bond donors (Lipinski definition) is 1. The zero-order chi connectivity index (χ0) is 11.8. The Morgan fingerprint density at radius 1 is 1.53 bits per heavy atom. The summed E-state index contributed by atoms with van der Waals surface area (Å²) in [5.74, 6) is 0.950. The fourth-order valence-electron chi connectivity index (χ4n) is 3.61. The lowest BCUT2D eigenvalue weighted by Crippen LogP contribution is -2.44. The molecule has 0 spiro atoms. The zero-order valence-electron chi connectivity index (χ0n) is 10.5. The first kappa shape index (κ1) is 11.7. The van der Waals surface area contributed by atoms with E-state index in [1.54, 1.807) is 0 Å². The summed E-state index contributed by atoms with van der Waals surface area (Å²) in [6, 6.07) is 5.98. The maximum Gasteiger partial charge on any atom is 0.0595 e. The van der Waals surface area contributed by atoms with E-state index in [0.717, 1.165) is 18.4 Å². The molecule has 3 rings (SSSR count). The maximum atomic E-state index is 6.39. The van der Waals surface area contributed by atoms with Gasteiger partial charge in [-0.3, -0.25) is 4.90 Å². The maximum absolute atomic E-state index is 6.39. The lowest BCUT2D eigenvalue weighted by molar-refractivity contribution is 0.129. The Labute approximate surface area is 108 Å². The van der Waals surface area contributed by atoms with Crippen LogP contribution in [0.15, 0.2) is 17.5 Å². The van der Waals surface area contributed by atoms with Crippen LogP contribution in [0.1, 0.15) is 43.5 Å². The quantitative estimate of drug-likeness (QED) is 0.890. The minimum Gasteiger partial charge on any atom is -0.326 e. The first-order chi connectivity index (χ1) is 8.29. The van der Waals surface area contributed by atoms with Crippen molar-refractivity contribution in [2.45, 2.75) is 50.7 Å². The molecule has 2 nitrogen and oxygen atoms in total. The average molecular weight is 250 g/mol. The van der Waals surface area contributed by atoms with Gasteiger partial charge in [-0.25, -0.2) is 0 Å². The lowest BCUT2D eigenvalue weighted by Gasteiger charge is -2.37. The Hall–Kier alpha value is -0.380. The van der Waals surface area contributed by atoms with Crippen molar-refractivity contribution in [1.82, 2.24) is 4.90 Å². The molecule has 1 aliphatic heterocycles. The van der Waals surface area contributed by atoms with Gasteiger partial charge in [-0.05, 0) is 43.0 Å². The Kier molecular flexibility index (Phi) is 3.24. The number of hydrogen-bond acceptors (Lipinski definition) is 3. The first-order valence-corrected chi connectivity index (χ1v) is 7.72. The van der Waals surface area contributed by atoms with Crippen molar-refractivity contribution in [1.29, 1.82) is 0 Å². The highest BCUT2D eigenvalue weighted by Gasteiger charge is 2.42. The van der Waals surface area contributed by atoms with E-state index in [0.29, 0.717) is 6.04 Å². The van der Waals surface area contributed by atoms with E-state index in [1.807, 2.05) is 11.3 Å². The Balaban J connectivity index is 1.84. The SMILES string of the molecule is CCC(N)C(c1cccs1)N1CC2CCC1C2. The van der Waals surface area contributed by atoms with Crippen molar-refractivity contribution in [3.63, 3.8) is 0 Å². The zero-order valence-corrected chi connectivity index (χ0v) is 11.3. The van der Waals surface area contributed by atoms with E-state index in [1.165, 1.54) is 30.7 Å². The molecule has 0 amide bonds. The number of likely N-dealkylation sites (tertiary alicyclic amines) is 1. The minimum atomic E-state index is 0.285. The predicted molar refractivity (Wildman–Crippen MR) is 73.2 cm³/mol. The molecule has 2 bridgehead atoms. The topological polar surface area (TPSA) is 29.3 Å². The van der Waals surface area contributed by atoms with Crippen LogP contribution in [0.3, 0.4) is 0 Å². The summed E-state index contributed by atoms with van der Waals surface area (Å²) in [7, 11) is 0. The van der Waals surface area contributed by atoms with E-state index in [2.05, 4.69) is 29.3 Å². The highest BCUT2D eigenvalue weighted by molar-refractivity contribution is 7.10. The molecule has 0 radical (unpaired) electrons. The monoisotopic (exact) mass is 250 g/mol. The van der Waals surface area contributed by atoms with Crippen LogP contribution in [0.5, 0.6) is 0 Å². The molecule has 1 aromatic rings. The van der Waals surface area contributed by atoms with Gasteiger partial charge >= 0.3 is 0 Å². The second kappa shape index (κ2) is 4.71. The summed E-state index contributed by atoms with van der Waals surface area (Å²) in [5.41, 5.74) is 6.39. The molecule has 2 heterocycles. The van der Waals surface area contributed by atoms with Gasteiger partial charge in [-0.1, -0.05) is 13.0 Å². The summed E-state index contributed by atoms with van der Waals surface area (Å²) in [6.45, 7) is 3.49. The lowest BCUT2D eigenvalue weighted by atomic mass is 10.00. The molecule has 0 aromatic carbocycles. The summed E-state index contributed by atoms with van der Waals surface area (Å²) in [5, 5.41) is 2.18. The largest absolute Gasteiger partial charge is 0.326 e. The highest BCUT2D eigenvalue weighted by atomic mass is 32.1. The first-order valence-electron chi connectivity index (χ1n) is 6.84. The number of piperidine rings is 1. The van der Waals surface area contributed by atoms with Gasteiger partial charge in [0.05, 0.1) is 6.04 Å². The van der Waals surface area contributed by atoms with Crippen molar-refractivity contribution in [3.05, 3.63) is 22.4 Å². The van der Waals surface area contributed by atoms with E-state index in [9.17, 15) is 0 Å². The number of nitrogens with zero attached hydrogens (tertiary/aromatic N) is 1. The summed E-state index contributed by atoms with van der Waals surface area (Å²) in [6.07, 6.45) is 5.32. The van der Waals surface area contributed by atoms with Crippen LogP contribution >= 0.6 is 11.3 Å². The third kappa shape index (κ3) is 2.05. The molecule has 1 aliphatic carbocycles. The van der Waals surface area contributed by atoms with Crippen molar-refractivity contribution in [3.8, 4) is 0 Å². The minimum absolute atomic E-state index is 0.285. The molecule has 2 fully saturated rings. The standard InChI is InChI=1S/C14H22N2S/c1-2-12(15)14(13-4-3-7-17-13)16-9-10-5-6-11(16)8-10/h3-4,7,10-12,14H,2,5-6,8-9,15H2,1H3. The molecule has 3 heteroatoms. The summed E-state index contributed by atoms with van der Waals surface area (Å²) >= 11 is 1.87. The van der Waals surface area contributed by atoms with Crippen molar-refractivity contribution in [2.75, 3.05) is 6.54 Å². The van der Waals surface area contributed by atoms with Crippen LogP contribution < -0.4 is 5.73 Å². The molecule has 1 saturated heterocycles. The van der Waals surface area contributed by atoms with Gasteiger partial charge in [0.15, 0.2) is 0 Å². The van der Waals surface area contributed by atoms with E-state index in [-0.39, 0.29) is 6.04 Å². The second-order valence-electron chi connectivity index (χ2n) is 5.56. The number of fused-ring (bicyclic) bond motifs is 2. The van der Waals surface area contributed by atoms with Crippen LogP contribution in [-0.4, -0.2) is 23.5 Å². The van der Waals surface area contributed by atoms with Gasteiger partial charge in [-0.15, -0.1) is 11.3 Å². The molecular formula is C14H22N2S. The van der Waals surface area contributed by atoms with Gasteiger partial charge in [0.1, 0.15) is 0 Å².